The Morgan fingerprint density at radius 3 is 2.48 bits per heavy atom. The van der Waals surface area contributed by atoms with Gasteiger partial charge in [-0.3, -0.25) is 4.79 Å². The predicted molar refractivity (Wildman–Crippen MR) is 104 cm³/mol. The van der Waals surface area contributed by atoms with Gasteiger partial charge in [0.05, 0.1) is 19.3 Å². The first-order chi connectivity index (χ1) is 12.7. The summed E-state index contributed by atoms with van der Waals surface area (Å²) in [5.41, 5.74) is 0.382. The van der Waals surface area contributed by atoms with Gasteiger partial charge in [-0.25, -0.2) is 4.79 Å². The summed E-state index contributed by atoms with van der Waals surface area (Å²) in [4.78, 5) is 23.2. The number of rotatable bonds is 9. The molecule has 0 spiro atoms. The molecule has 0 fully saturated rings. The first-order valence-corrected chi connectivity index (χ1v) is 9.16. The van der Waals surface area contributed by atoms with Crippen LogP contribution in [0.3, 0.4) is 0 Å². The number of amides is 1. The zero-order valence-electron chi connectivity index (χ0n) is 16.6. The molecule has 27 heavy (non-hydrogen) atoms. The zero-order valence-corrected chi connectivity index (χ0v) is 16.6. The lowest BCUT2D eigenvalue weighted by atomic mass is 10.0. The van der Waals surface area contributed by atoms with Crippen LogP contribution in [-0.2, 0) is 20.7 Å². The van der Waals surface area contributed by atoms with Gasteiger partial charge in [-0.15, -0.1) is 0 Å². The molecule has 0 saturated heterocycles. The van der Waals surface area contributed by atoms with E-state index in [0.29, 0.717) is 25.7 Å². The largest absolute Gasteiger partial charge is 0.469 e. The van der Waals surface area contributed by atoms with E-state index in [0.717, 1.165) is 5.56 Å². The third kappa shape index (κ3) is 10.4. The van der Waals surface area contributed by atoms with Gasteiger partial charge in [-0.2, -0.15) is 0 Å². The van der Waals surface area contributed by atoms with E-state index in [9.17, 15) is 14.7 Å². The summed E-state index contributed by atoms with van der Waals surface area (Å²) >= 11 is 0. The molecule has 0 bridgehead atoms. The van der Waals surface area contributed by atoms with Crippen molar-refractivity contribution in [3.63, 3.8) is 0 Å². The minimum Gasteiger partial charge on any atom is -0.469 e. The van der Waals surface area contributed by atoms with Crippen LogP contribution in [0.5, 0.6) is 0 Å². The fraction of sp³-hybridized carbons (Fsp3) is 0.524. The van der Waals surface area contributed by atoms with Gasteiger partial charge in [0.2, 0.25) is 0 Å². The van der Waals surface area contributed by atoms with Crippen molar-refractivity contribution in [2.75, 3.05) is 7.11 Å². The van der Waals surface area contributed by atoms with Crippen LogP contribution in [0.25, 0.3) is 0 Å². The number of carbonyl (C=O) groups is 2. The molecule has 1 aromatic rings. The molecule has 0 saturated carbocycles. The number of hydrogen-bond acceptors (Lipinski definition) is 5. The van der Waals surface area contributed by atoms with Crippen molar-refractivity contribution in [3.8, 4) is 0 Å². The molecule has 0 radical (unpaired) electrons. The smallest absolute Gasteiger partial charge is 0.407 e. The summed E-state index contributed by atoms with van der Waals surface area (Å²) in [5.74, 6) is -0.252. The first-order valence-electron chi connectivity index (χ1n) is 9.16. The van der Waals surface area contributed by atoms with Gasteiger partial charge in [-0.05, 0) is 45.6 Å². The summed E-state index contributed by atoms with van der Waals surface area (Å²) in [7, 11) is 1.36. The minimum atomic E-state index is -0.879. The molecular formula is C21H31NO5. The predicted octanol–water partition coefficient (Wildman–Crippen LogP) is 3.38. The number of nitrogens with one attached hydrogen (secondary N) is 1. The van der Waals surface area contributed by atoms with Crippen molar-refractivity contribution in [3.05, 3.63) is 48.0 Å². The number of esters is 1. The van der Waals surface area contributed by atoms with Gasteiger partial charge < -0.3 is 19.9 Å². The third-order valence-electron chi connectivity index (χ3n) is 3.73. The molecule has 1 amide bonds. The van der Waals surface area contributed by atoms with E-state index in [1.54, 1.807) is 26.8 Å². The Kier molecular flexibility index (Phi) is 9.58. The number of allylic oxidation sites excluding steroid dienone is 1. The lowest BCUT2D eigenvalue weighted by Gasteiger charge is -2.25. The maximum absolute atomic E-state index is 12.1. The molecule has 0 aliphatic carbocycles. The monoisotopic (exact) mass is 377 g/mol. The molecular weight excluding hydrogens is 346 g/mol. The second-order valence-corrected chi connectivity index (χ2v) is 7.33. The van der Waals surface area contributed by atoms with Crippen LogP contribution in [0.1, 0.15) is 45.6 Å². The molecule has 0 aliphatic heterocycles. The standard InChI is InChI=1S/C21H31NO5/c1-21(2,3)27-20(25)22-17(15-16-11-7-5-8-12-16)18(23)13-9-6-10-14-19(24)26-4/h5,7-9,11-13,17-18,23H,6,10,14-15H2,1-4H3,(H,22,25)/b13-9+/t17-,18+/m0/s1. The van der Waals surface area contributed by atoms with E-state index in [2.05, 4.69) is 10.1 Å². The lowest BCUT2D eigenvalue weighted by molar-refractivity contribution is -0.140. The lowest BCUT2D eigenvalue weighted by Crippen LogP contribution is -2.46. The summed E-state index contributed by atoms with van der Waals surface area (Å²) in [6.07, 6.45) is 4.08. The number of alkyl carbamates (subject to hydrolysis) is 1. The molecule has 1 aromatic carbocycles. The van der Waals surface area contributed by atoms with E-state index >= 15 is 0 Å². The van der Waals surface area contributed by atoms with Gasteiger partial charge >= 0.3 is 12.1 Å². The van der Waals surface area contributed by atoms with Crippen molar-refractivity contribution in [2.45, 2.75) is 64.2 Å². The molecule has 2 N–H and O–H groups in total. The van der Waals surface area contributed by atoms with Crippen LogP contribution in [-0.4, -0.2) is 42.0 Å². The second-order valence-electron chi connectivity index (χ2n) is 7.33. The first kappa shape index (κ1) is 22.7. The Bertz CT molecular complexity index is 607. The van der Waals surface area contributed by atoms with E-state index in [-0.39, 0.29) is 5.97 Å². The number of ether oxygens (including phenoxy) is 2. The van der Waals surface area contributed by atoms with Crippen LogP contribution in [0.2, 0.25) is 0 Å². The Hall–Kier alpha value is -2.34. The average Bonchev–Trinajstić information content (AvgIpc) is 2.59. The number of aliphatic hydroxyl groups excluding tert-OH is 1. The van der Waals surface area contributed by atoms with E-state index < -0.39 is 23.8 Å². The molecule has 6 heteroatoms. The normalized spacial score (nSPS) is 13.8. The van der Waals surface area contributed by atoms with Crippen molar-refractivity contribution in [2.24, 2.45) is 0 Å². The summed E-state index contributed by atoms with van der Waals surface area (Å²) in [5, 5.41) is 13.3. The zero-order chi connectivity index (χ0) is 20.3. The van der Waals surface area contributed by atoms with Crippen LogP contribution in [0, 0.1) is 0 Å². The molecule has 1 rings (SSSR count). The molecule has 150 valence electrons. The van der Waals surface area contributed by atoms with Crippen molar-refractivity contribution >= 4 is 12.1 Å². The van der Waals surface area contributed by atoms with E-state index in [1.165, 1.54) is 7.11 Å². The highest BCUT2D eigenvalue weighted by Gasteiger charge is 2.23. The van der Waals surface area contributed by atoms with Crippen molar-refractivity contribution < 1.29 is 24.2 Å². The molecule has 0 aromatic heterocycles. The van der Waals surface area contributed by atoms with Crippen LogP contribution >= 0.6 is 0 Å². The quantitative estimate of drug-likeness (QED) is 0.391. The number of carbonyl (C=O) groups excluding carboxylic acids is 2. The number of methoxy groups -OCH3 is 1. The number of benzene rings is 1. The molecule has 2 atom stereocenters. The fourth-order valence-corrected chi connectivity index (χ4v) is 2.42. The minimum absolute atomic E-state index is 0.252. The number of hydrogen-bond donors (Lipinski definition) is 2. The SMILES string of the molecule is COC(=O)CCC/C=C/[C@@H](O)[C@H](Cc1ccccc1)NC(=O)OC(C)(C)C. The van der Waals surface area contributed by atoms with Gasteiger partial charge in [0.1, 0.15) is 5.60 Å². The third-order valence-corrected chi connectivity index (χ3v) is 3.73. The summed E-state index contributed by atoms with van der Waals surface area (Å²) in [6, 6.07) is 9.09. The van der Waals surface area contributed by atoms with Crippen LogP contribution < -0.4 is 5.32 Å². The van der Waals surface area contributed by atoms with Gasteiger partial charge in [-0.1, -0.05) is 42.5 Å². The van der Waals surface area contributed by atoms with Gasteiger partial charge in [0.15, 0.2) is 0 Å². The van der Waals surface area contributed by atoms with Crippen molar-refractivity contribution in [1.29, 1.82) is 0 Å². The van der Waals surface area contributed by atoms with Gasteiger partial charge in [0.25, 0.3) is 0 Å². The second kappa shape index (κ2) is 11.4. The topological polar surface area (TPSA) is 84.9 Å². The Balaban J connectivity index is 2.68. The average molecular weight is 377 g/mol. The number of unbranched alkanes of at least 4 members (excludes halogenated alkanes) is 1. The Morgan fingerprint density at radius 1 is 1.22 bits per heavy atom. The van der Waals surface area contributed by atoms with Crippen LogP contribution in [0.4, 0.5) is 4.79 Å². The Labute approximate surface area is 161 Å². The Morgan fingerprint density at radius 2 is 1.89 bits per heavy atom. The molecule has 0 aliphatic rings. The van der Waals surface area contributed by atoms with E-state index in [4.69, 9.17) is 4.74 Å². The fourth-order valence-electron chi connectivity index (χ4n) is 2.42. The molecule has 0 heterocycles. The summed E-state index contributed by atoms with van der Waals surface area (Å²) in [6.45, 7) is 5.36. The maximum Gasteiger partial charge on any atom is 0.407 e. The summed E-state index contributed by atoms with van der Waals surface area (Å²) < 4.78 is 9.89. The molecule has 6 nitrogen and oxygen atoms in total. The highest BCUT2D eigenvalue weighted by atomic mass is 16.6. The highest BCUT2D eigenvalue weighted by molar-refractivity contribution is 5.69. The van der Waals surface area contributed by atoms with Gasteiger partial charge in [0, 0.05) is 6.42 Å². The van der Waals surface area contributed by atoms with E-state index in [1.807, 2.05) is 36.4 Å². The number of aliphatic hydroxyl groups is 1. The van der Waals surface area contributed by atoms with Crippen molar-refractivity contribution in [1.82, 2.24) is 5.32 Å². The maximum atomic E-state index is 12.1. The highest BCUT2D eigenvalue weighted by Crippen LogP contribution is 2.11. The van der Waals surface area contributed by atoms with Crippen LogP contribution in [0.15, 0.2) is 42.5 Å². The molecule has 0 unspecified atom stereocenters.